The maximum Gasteiger partial charge on any atom is 0.163 e. The molecule has 1 aromatic heterocycles. The molecule has 0 fully saturated rings. The fourth-order valence-corrected chi connectivity index (χ4v) is 1.78. The summed E-state index contributed by atoms with van der Waals surface area (Å²) in [4.78, 5) is 14.8. The summed E-state index contributed by atoms with van der Waals surface area (Å²) < 4.78 is 10.8. The van der Waals surface area contributed by atoms with Gasteiger partial charge in [-0.3, -0.25) is 4.98 Å². The van der Waals surface area contributed by atoms with Crippen molar-refractivity contribution in [2.75, 3.05) is 13.2 Å². The standard InChI is InChI=1S/C12H9NO4/c14-12(15)8-3-7-4-10-11(17-2-1-16-10)5-9(7)13-6-8/h3-6H,1-2H2,(H,14,15)/p-1. The number of aromatic carboxylic acids is 1. The highest BCUT2D eigenvalue weighted by molar-refractivity contribution is 5.92. The summed E-state index contributed by atoms with van der Waals surface area (Å²) in [5, 5.41) is 11.4. The molecule has 0 radical (unpaired) electrons. The van der Waals surface area contributed by atoms with E-state index < -0.39 is 5.97 Å². The Morgan fingerprint density at radius 3 is 2.59 bits per heavy atom. The van der Waals surface area contributed by atoms with Gasteiger partial charge in [-0.25, -0.2) is 0 Å². The van der Waals surface area contributed by atoms with Gasteiger partial charge in [-0.2, -0.15) is 0 Å². The molecule has 2 aromatic rings. The molecule has 0 saturated heterocycles. The molecule has 0 aliphatic carbocycles. The van der Waals surface area contributed by atoms with E-state index in [2.05, 4.69) is 4.98 Å². The van der Waals surface area contributed by atoms with E-state index in [9.17, 15) is 9.90 Å². The number of carboxylic acid groups (broad SMARTS) is 1. The second-order valence-corrected chi connectivity index (χ2v) is 3.70. The van der Waals surface area contributed by atoms with Gasteiger partial charge in [0, 0.05) is 23.2 Å². The van der Waals surface area contributed by atoms with Gasteiger partial charge in [-0.15, -0.1) is 0 Å². The number of hydrogen-bond donors (Lipinski definition) is 0. The van der Waals surface area contributed by atoms with E-state index >= 15 is 0 Å². The summed E-state index contributed by atoms with van der Waals surface area (Å²) in [6.45, 7) is 1.00. The first-order chi connectivity index (χ1) is 8.24. The van der Waals surface area contributed by atoms with E-state index in [-0.39, 0.29) is 5.56 Å². The third kappa shape index (κ3) is 1.65. The minimum Gasteiger partial charge on any atom is -0.545 e. The van der Waals surface area contributed by atoms with Crippen LogP contribution in [0.4, 0.5) is 0 Å². The number of nitrogens with zero attached hydrogens (tertiary/aromatic N) is 1. The van der Waals surface area contributed by atoms with Crippen LogP contribution in [0, 0.1) is 0 Å². The van der Waals surface area contributed by atoms with Crippen LogP contribution in [0.1, 0.15) is 10.4 Å². The number of pyridine rings is 1. The van der Waals surface area contributed by atoms with Crippen LogP contribution in [0.25, 0.3) is 10.9 Å². The Kier molecular flexibility index (Phi) is 2.11. The SMILES string of the molecule is O=C([O-])c1cnc2cc3c(cc2c1)OCCO3. The summed E-state index contributed by atoms with van der Waals surface area (Å²) in [5.74, 6) is 0.00721. The largest absolute Gasteiger partial charge is 0.545 e. The summed E-state index contributed by atoms with van der Waals surface area (Å²) in [6, 6.07) is 4.97. The monoisotopic (exact) mass is 230 g/mol. The predicted octanol–water partition coefficient (Wildman–Crippen LogP) is 0.369. The minimum atomic E-state index is -1.24. The lowest BCUT2D eigenvalue weighted by Crippen LogP contribution is -2.22. The number of carbonyl (C=O) groups excluding carboxylic acids is 1. The van der Waals surface area contributed by atoms with E-state index in [0.29, 0.717) is 35.6 Å². The molecule has 0 atom stereocenters. The second-order valence-electron chi connectivity index (χ2n) is 3.70. The number of carbonyl (C=O) groups is 1. The van der Waals surface area contributed by atoms with Gasteiger partial charge in [-0.1, -0.05) is 0 Å². The molecular weight excluding hydrogens is 222 g/mol. The maximum atomic E-state index is 10.7. The molecule has 1 aliphatic rings. The third-order valence-corrected chi connectivity index (χ3v) is 2.58. The highest BCUT2D eigenvalue weighted by atomic mass is 16.6. The molecule has 0 bridgehead atoms. The quantitative estimate of drug-likeness (QED) is 0.707. The van der Waals surface area contributed by atoms with Crippen LogP contribution in [0.15, 0.2) is 24.4 Å². The van der Waals surface area contributed by atoms with Gasteiger partial charge in [0.1, 0.15) is 13.2 Å². The van der Waals surface area contributed by atoms with Gasteiger partial charge in [0.15, 0.2) is 11.5 Å². The number of hydrogen-bond acceptors (Lipinski definition) is 5. The van der Waals surface area contributed by atoms with Gasteiger partial charge in [0.2, 0.25) is 0 Å². The van der Waals surface area contributed by atoms with Gasteiger partial charge in [0.25, 0.3) is 0 Å². The van der Waals surface area contributed by atoms with Crippen LogP contribution in [0.5, 0.6) is 11.5 Å². The van der Waals surface area contributed by atoms with Gasteiger partial charge in [-0.05, 0) is 12.1 Å². The first kappa shape index (κ1) is 9.89. The Morgan fingerprint density at radius 2 is 1.88 bits per heavy atom. The smallest absolute Gasteiger partial charge is 0.163 e. The lowest BCUT2D eigenvalue weighted by atomic mass is 10.1. The normalized spacial score (nSPS) is 13.6. The van der Waals surface area contributed by atoms with Gasteiger partial charge >= 0.3 is 0 Å². The van der Waals surface area contributed by atoms with E-state index in [4.69, 9.17) is 9.47 Å². The molecule has 3 rings (SSSR count). The topological polar surface area (TPSA) is 71.5 Å². The highest BCUT2D eigenvalue weighted by Crippen LogP contribution is 2.33. The summed E-state index contributed by atoms with van der Waals surface area (Å²) in [7, 11) is 0. The molecule has 1 aliphatic heterocycles. The van der Waals surface area contributed by atoms with Crippen LogP contribution in [0.2, 0.25) is 0 Å². The van der Waals surface area contributed by atoms with Crippen molar-refractivity contribution >= 4 is 16.9 Å². The van der Waals surface area contributed by atoms with Crippen LogP contribution < -0.4 is 14.6 Å². The lowest BCUT2D eigenvalue weighted by Gasteiger charge is -2.18. The number of aromatic nitrogens is 1. The fraction of sp³-hybridized carbons (Fsp3) is 0.167. The molecule has 17 heavy (non-hydrogen) atoms. The van der Waals surface area contributed by atoms with E-state index in [1.54, 1.807) is 12.1 Å². The summed E-state index contributed by atoms with van der Waals surface area (Å²) in [5.41, 5.74) is 0.716. The number of rotatable bonds is 1. The van der Waals surface area contributed by atoms with Crippen molar-refractivity contribution in [2.45, 2.75) is 0 Å². The van der Waals surface area contributed by atoms with Crippen molar-refractivity contribution in [1.82, 2.24) is 4.98 Å². The lowest BCUT2D eigenvalue weighted by molar-refractivity contribution is -0.255. The zero-order valence-electron chi connectivity index (χ0n) is 8.80. The Hall–Kier alpha value is -2.30. The average molecular weight is 230 g/mol. The molecule has 0 N–H and O–H groups in total. The maximum absolute atomic E-state index is 10.7. The predicted molar refractivity (Wildman–Crippen MR) is 57.1 cm³/mol. The molecule has 5 heteroatoms. The summed E-state index contributed by atoms with van der Waals surface area (Å²) >= 11 is 0. The molecule has 0 saturated carbocycles. The number of benzene rings is 1. The van der Waals surface area contributed by atoms with Gasteiger partial charge < -0.3 is 19.4 Å². The van der Waals surface area contributed by atoms with E-state index in [1.807, 2.05) is 0 Å². The molecular formula is C12H8NO4-. The van der Waals surface area contributed by atoms with Crippen molar-refractivity contribution in [3.8, 4) is 11.5 Å². The van der Waals surface area contributed by atoms with Crippen molar-refractivity contribution in [3.63, 3.8) is 0 Å². The van der Waals surface area contributed by atoms with Crippen molar-refractivity contribution in [3.05, 3.63) is 30.0 Å². The molecule has 2 heterocycles. The van der Waals surface area contributed by atoms with Crippen LogP contribution in [-0.4, -0.2) is 24.2 Å². The molecule has 0 amide bonds. The Morgan fingerprint density at radius 1 is 1.18 bits per heavy atom. The Bertz CT molecular complexity index is 609. The first-order valence-electron chi connectivity index (χ1n) is 5.15. The zero-order chi connectivity index (χ0) is 11.8. The van der Waals surface area contributed by atoms with Crippen molar-refractivity contribution in [2.24, 2.45) is 0 Å². The molecule has 0 spiro atoms. The second kappa shape index (κ2) is 3.62. The van der Waals surface area contributed by atoms with E-state index in [1.165, 1.54) is 12.3 Å². The Labute approximate surface area is 96.6 Å². The Balaban J connectivity index is 2.20. The molecule has 0 unspecified atom stereocenters. The fourth-order valence-electron chi connectivity index (χ4n) is 1.78. The summed E-state index contributed by atoms with van der Waals surface area (Å²) in [6.07, 6.45) is 1.27. The number of ether oxygens (including phenoxy) is 2. The van der Waals surface area contributed by atoms with Crippen LogP contribution >= 0.6 is 0 Å². The third-order valence-electron chi connectivity index (χ3n) is 2.58. The highest BCUT2D eigenvalue weighted by Gasteiger charge is 2.13. The number of carboxylic acids is 1. The number of fused-ring (bicyclic) bond motifs is 2. The molecule has 1 aromatic carbocycles. The molecule has 5 nitrogen and oxygen atoms in total. The van der Waals surface area contributed by atoms with Gasteiger partial charge in [0.05, 0.1) is 11.5 Å². The zero-order valence-corrected chi connectivity index (χ0v) is 8.80. The average Bonchev–Trinajstić information content (AvgIpc) is 2.35. The van der Waals surface area contributed by atoms with E-state index in [0.717, 1.165) is 0 Å². The minimum absolute atomic E-state index is 0.0502. The van der Waals surface area contributed by atoms with Crippen molar-refractivity contribution in [1.29, 1.82) is 0 Å². The van der Waals surface area contributed by atoms with Crippen molar-refractivity contribution < 1.29 is 19.4 Å². The van der Waals surface area contributed by atoms with Crippen LogP contribution in [0.3, 0.4) is 0 Å². The van der Waals surface area contributed by atoms with Crippen LogP contribution in [-0.2, 0) is 0 Å². The first-order valence-corrected chi connectivity index (χ1v) is 5.15. The molecule has 86 valence electrons.